The molecule has 1 aromatic carbocycles. The van der Waals surface area contributed by atoms with Gasteiger partial charge in [-0.15, -0.1) is 0 Å². The fourth-order valence-electron chi connectivity index (χ4n) is 2.86. The van der Waals surface area contributed by atoms with Gasteiger partial charge in [0.15, 0.2) is 0 Å². The van der Waals surface area contributed by atoms with Crippen LogP contribution in [0.5, 0.6) is 0 Å². The van der Waals surface area contributed by atoms with Gasteiger partial charge in [0.25, 0.3) is 0 Å². The summed E-state index contributed by atoms with van der Waals surface area (Å²) in [6.45, 7) is 19.7. The van der Waals surface area contributed by atoms with Crippen molar-refractivity contribution >= 4 is 12.6 Å². The van der Waals surface area contributed by atoms with Crippen molar-refractivity contribution in [2.75, 3.05) is 0 Å². The van der Waals surface area contributed by atoms with Crippen molar-refractivity contribution in [3.8, 4) is 0 Å². The Labute approximate surface area is 143 Å². The molecule has 0 radical (unpaired) electrons. The molecule has 1 heterocycles. The summed E-state index contributed by atoms with van der Waals surface area (Å²) < 4.78 is 12.5. The lowest BCUT2D eigenvalue weighted by Crippen LogP contribution is -2.41. The van der Waals surface area contributed by atoms with Gasteiger partial charge in [0.1, 0.15) is 0 Å². The second kappa shape index (κ2) is 5.93. The Morgan fingerprint density at radius 1 is 0.957 bits per heavy atom. The summed E-state index contributed by atoms with van der Waals surface area (Å²) in [4.78, 5) is 0. The monoisotopic (exact) mass is 316 g/mol. The fourth-order valence-corrected chi connectivity index (χ4v) is 2.86. The first-order valence-corrected chi connectivity index (χ1v) is 8.82. The zero-order chi connectivity index (χ0) is 17.6. The molecular formula is C20H33BO2. The standard InChI is InChI=1S/C20H33BO2/c1-14(2)10-15-11-16(18(3,4)5)13-17(12-15)21-22-19(6,7)20(8,9)23-21/h11-14H,10H2,1-9H3. The Morgan fingerprint density at radius 3 is 1.91 bits per heavy atom. The van der Waals surface area contributed by atoms with E-state index >= 15 is 0 Å². The number of hydrogen-bond acceptors (Lipinski definition) is 2. The van der Waals surface area contributed by atoms with Crippen molar-refractivity contribution in [2.24, 2.45) is 5.92 Å². The first-order chi connectivity index (χ1) is 10.3. The molecule has 0 unspecified atom stereocenters. The van der Waals surface area contributed by atoms with E-state index in [1.165, 1.54) is 11.1 Å². The minimum Gasteiger partial charge on any atom is -0.399 e. The number of benzene rings is 1. The van der Waals surface area contributed by atoms with Gasteiger partial charge in [-0.3, -0.25) is 0 Å². The van der Waals surface area contributed by atoms with E-state index in [0.717, 1.165) is 11.9 Å². The molecule has 1 fully saturated rings. The van der Waals surface area contributed by atoms with Crippen molar-refractivity contribution < 1.29 is 9.31 Å². The maximum Gasteiger partial charge on any atom is 0.494 e. The molecule has 3 heteroatoms. The van der Waals surface area contributed by atoms with Gasteiger partial charge in [0.2, 0.25) is 0 Å². The van der Waals surface area contributed by atoms with Gasteiger partial charge in [-0.05, 0) is 62.0 Å². The highest BCUT2D eigenvalue weighted by Crippen LogP contribution is 2.37. The van der Waals surface area contributed by atoms with Crippen LogP contribution in [0.2, 0.25) is 0 Å². The summed E-state index contributed by atoms with van der Waals surface area (Å²) in [6, 6.07) is 6.86. The lowest BCUT2D eigenvalue weighted by atomic mass is 9.74. The number of hydrogen-bond donors (Lipinski definition) is 0. The van der Waals surface area contributed by atoms with E-state index in [-0.39, 0.29) is 23.7 Å². The molecule has 128 valence electrons. The Morgan fingerprint density at radius 2 is 1.48 bits per heavy atom. The van der Waals surface area contributed by atoms with E-state index in [9.17, 15) is 0 Å². The SMILES string of the molecule is CC(C)Cc1cc(B2OC(C)(C)C(C)(C)O2)cc(C(C)(C)C)c1. The van der Waals surface area contributed by atoms with Crippen LogP contribution in [0.3, 0.4) is 0 Å². The van der Waals surface area contributed by atoms with Gasteiger partial charge in [0.05, 0.1) is 11.2 Å². The molecule has 0 aromatic heterocycles. The third-order valence-corrected chi connectivity index (χ3v) is 5.05. The summed E-state index contributed by atoms with van der Waals surface area (Å²) >= 11 is 0. The number of rotatable bonds is 3. The van der Waals surface area contributed by atoms with Gasteiger partial charge < -0.3 is 9.31 Å². The predicted molar refractivity (Wildman–Crippen MR) is 99.4 cm³/mol. The highest BCUT2D eigenvalue weighted by Gasteiger charge is 2.51. The zero-order valence-electron chi connectivity index (χ0n) is 16.4. The smallest absolute Gasteiger partial charge is 0.399 e. The zero-order valence-corrected chi connectivity index (χ0v) is 16.4. The third-order valence-electron chi connectivity index (χ3n) is 5.05. The Kier molecular flexibility index (Phi) is 4.78. The molecule has 2 rings (SSSR count). The summed E-state index contributed by atoms with van der Waals surface area (Å²) in [6.07, 6.45) is 1.08. The van der Waals surface area contributed by atoms with E-state index in [1.807, 2.05) is 0 Å². The topological polar surface area (TPSA) is 18.5 Å². The molecule has 0 N–H and O–H groups in total. The quantitative estimate of drug-likeness (QED) is 0.765. The van der Waals surface area contributed by atoms with Crippen LogP contribution in [0.1, 0.15) is 73.4 Å². The largest absolute Gasteiger partial charge is 0.494 e. The first kappa shape index (κ1) is 18.5. The summed E-state index contributed by atoms with van der Waals surface area (Å²) in [7, 11) is -0.284. The summed E-state index contributed by atoms with van der Waals surface area (Å²) in [5.41, 5.74) is 3.39. The molecule has 0 bridgehead atoms. The van der Waals surface area contributed by atoms with E-state index in [0.29, 0.717) is 5.92 Å². The van der Waals surface area contributed by atoms with Crippen LogP contribution < -0.4 is 5.46 Å². The van der Waals surface area contributed by atoms with Gasteiger partial charge >= 0.3 is 7.12 Å². The molecule has 1 aromatic rings. The Hall–Kier alpha value is -0.795. The minimum absolute atomic E-state index is 0.116. The molecule has 1 aliphatic heterocycles. The van der Waals surface area contributed by atoms with E-state index in [4.69, 9.17) is 9.31 Å². The average Bonchev–Trinajstić information content (AvgIpc) is 2.56. The second-order valence-corrected chi connectivity index (χ2v) is 9.40. The molecule has 0 atom stereocenters. The van der Waals surface area contributed by atoms with Crippen LogP contribution in [-0.2, 0) is 21.1 Å². The van der Waals surface area contributed by atoms with Gasteiger partial charge in [-0.2, -0.15) is 0 Å². The van der Waals surface area contributed by atoms with Gasteiger partial charge in [-0.1, -0.05) is 52.8 Å². The third kappa shape index (κ3) is 4.00. The van der Waals surface area contributed by atoms with Crippen molar-refractivity contribution in [1.29, 1.82) is 0 Å². The van der Waals surface area contributed by atoms with Crippen molar-refractivity contribution in [3.05, 3.63) is 29.3 Å². The van der Waals surface area contributed by atoms with Crippen LogP contribution in [0.4, 0.5) is 0 Å². The highest BCUT2D eigenvalue weighted by atomic mass is 16.7. The molecule has 0 spiro atoms. The molecule has 0 aliphatic carbocycles. The molecule has 1 aliphatic rings. The van der Waals surface area contributed by atoms with Crippen LogP contribution in [0.15, 0.2) is 18.2 Å². The molecular weight excluding hydrogens is 283 g/mol. The molecule has 1 saturated heterocycles. The highest BCUT2D eigenvalue weighted by molar-refractivity contribution is 6.62. The van der Waals surface area contributed by atoms with Gasteiger partial charge in [-0.25, -0.2) is 0 Å². The van der Waals surface area contributed by atoms with Crippen LogP contribution >= 0.6 is 0 Å². The normalized spacial score (nSPS) is 20.3. The van der Waals surface area contributed by atoms with E-state index in [2.05, 4.69) is 80.5 Å². The Balaban J connectivity index is 2.42. The minimum atomic E-state index is -0.298. The van der Waals surface area contributed by atoms with Crippen molar-refractivity contribution in [3.63, 3.8) is 0 Å². The fraction of sp³-hybridized carbons (Fsp3) is 0.700. The predicted octanol–water partition coefficient (Wildman–Crippen LogP) is 4.48. The van der Waals surface area contributed by atoms with Crippen LogP contribution in [0.25, 0.3) is 0 Å². The molecule has 0 amide bonds. The van der Waals surface area contributed by atoms with Crippen molar-refractivity contribution in [2.45, 2.75) is 85.4 Å². The molecule has 23 heavy (non-hydrogen) atoms. The van der Waals surface area contributed by atoms with Crippen LogP contribution in [-0.4, -0.2) is 18.3 Å². The van der Waals surface area contributed by atoms with Crippen LogP contribution in [0, 0.1) is 5.92 Å². The first-order valence-electron chi connectivity index (χ1n) is 8.82. The summed E-state index contributed by atoms with van der Waals surface area (Å²) in [5.74, 6) is 0.636. The molecule has 0 saturated carbocycles. The van der Waals surface area contributed by atoms with E-state index < -0.39 is 0 Å². The van der Waals surface area contributed by atoms with Crippen molar-refractivity contribution in [1.82, 2.24) is 0 Å². The maximum absolute atomic E-state index is 6.26. The van der Waals surface area contributed by atoms with E-state index in [1.54, 1.807) is 0 Å². The lowest BCUT2D eigenvalue weighted by molar-refractivity contribution is 0.00578. The average molecular weight is 316 g/mol. The summed E-state index contributed by atoms with van der Waals surface area (Å²) in [5, 5.41) is 0. The Bertz CT molecular complexity index is 551. The maximum atomic E-state index is 6.26. The second-order valence-electron chi connectivity index (χ2n) is 9.40. The lowest BCUT2D eigenvalue weighted by Gasteiger charge is -2.32. The molecule has 2 nitrogen and oxygen atoms in total. The van der Waals surface area contributed by atoms with Gasteiger partial charge in [0, 0.05) is 0 Å².